The van der Waals surface area contributed by atoms with Crippen LogP contribution in [0.3, 0.4) is 0 Å². The largest absolute Gasteiger partial charge is 0.462 e. The number of carbonyl (C=O) groups excluding carboxylic acids is 2. The molecule has 0 bridgehead atoms. The summed E-state index contributed by atoms with van der Waals surface area (Å²) in [5, 5.41) is 14.9. The number of rotatable bonds is 4. The number of ether oxygens (including phenoxy) is 1. The summed E-state index contributed by atoms with van der Waals surface area (Å²) in [5.74, 6) is -1.32. The number of nitrogens with zero attached hydrogens (tertiary/aromatic N) is 3. The van der Waals surface area contributed by atoms with E-state index in [1.54, 1.807) is 18.2 Å². The molecule has 2 aliphatic rings. The quantitative estimate of drug-likeness (QED) is 0.312. The molecule has 2 aliphatic heterocycles. The third-order valence-corrected chi connectivity index (χ3v) is 5.95. The molecule has 3 aromatic rings. The van der Waals surface area contributed by atoms with Gasteiger partial charge in [0.1, 0.15) is 11.6 Å². The first-order chi connectivity index (χ1) is 16.4. The average molecular weight is 495 g/mol. The molecule has 34 heavy (non-hydrogen) atoms. The number of hydrogen-bond acceptors (Lipinski definition) is 7. The van der Waals surface area contributed by atoms with Gasteiger partial charge in [-0.1, -0.05) is 17.7 Å². The second kappa shape index (κ2) is 8.73. The van der Waals surface area contributed by atoms with Crippen LogP contribution in [0.4, 0.5) is 4.39 Å². The second-order valence-electron chi connectivity index (χ2n) is 6.99. The van der Waals surface area contributed by atoms with Crippen molar-refractivity contribution in [2.24, 2.45) is 10.1 Å². The van der Waals surface area contributed by atoms with E-state index in [1.807, 2.05) is 0 Å². The standard InChI is InChI=1S/C23H12ClFN4O4S/c24-16-11-12(3-8-17(16)33-22(31)13-4-6-14(25)7-5-13)10-15-19(26)29-23(27-20(15)30)34-21(28-29)18-2-1-9-32-18/h1-11,26H/b15-10+,26-19?. The van der Waals surface area contributed by atoms with Crippen molar-refractivity contribution < 1.29 is 23.1 Å². The number of nitrogens with one attached hydrogen (secondary N) is 1. The first kappa shape index (κ1) is 21.8. The fourth-order valence-corrected chi connectivity index (χ4v) is 4.18. The highest BCUT2D eigenvalue weighted by molar-refractivity contribution is 8.27. The van der Waals surface area contributed by atoms with Crippen LogP contribution in [-0.2, 0) is 4.79 Å². The lowest BCUT2D eigenvalue weighted by Gasteiger charge is -2.20. The van der Waals surface area contributed by atoms with Crippen LogP contribution >= 0.6 is 23.4 Å². The lowest BCUT2D eigenvalue weighted by Crippen LogP contribution is -2.35. The molecular weight excluding hydrogens is 483 g/mol. The Morgan fingerprint density at radius 1 is 1.21 bits per heavy atom. The van der Waals surface area contributed by atoms with Crippen LogP contribution in [0.15, 0.2) is 80.9 Å². The van der Waals surface area contributed by atoms with Gasteiger partial charge in [0.25, 0.3) is 5.91 Å². The van der Waals surface area contributed by atoms with Gasteiger partial charge in [0.05, 0.1) is 22.4 Å². The summed E-state index contributed by atoms with van der Waals surface area (Å²) in [6.07, 6.45) is 2.96. The van der Waals surface area contributed by atoms with E-state index in [0.717, 1.165) is 23.9 Å². The summed E-state index contributed by atoms with van der Waals surface area (Å²) in [4.78, 5) is 28.9. The topological polar surface area (TPSA) is 108 Å². The van der Waals surface area contributed by atoms with Crippen molar-refractivity contribution in [3.8, 4) is 5.75 Å². The van der Waals surface area contributed by atoms with E-state index < -0.39 is 17.7 Å². The van der Waals surface area contributed by atoms with Crippen molar-refractivity contribution in [3.05, 3.63) is 94.2 Å². The molecule has 0 radical (unpaired) electrons. The monoisotopic (exact) mass is 494 g/mol. The highest BCUT2D eigenvalue weighted by Crippen LogP contribution is 2.32. The molecule has 0 aliphatic carbocycles. The maximum absolute atomic E-state index is 13.0. The number of furan rings is 1. The van der Waals surface area contributed by atoms with Crippen LogP contribution in [0, 0.1) is 11.2 Å². The lowest BCUT2D eigenvalue weighted by atomic mass is 10.1. The molecule has 1 aromatic heterocycles. The molecule has 0 atom stereocenters. The number of benzene rings is 2. The Hall–Kier alpha value is -4.02. The smallest absolute Gasteiger partial charge is 0.343 e. The minimum absolute atomic E-state index is 0.0147. The van der Waals surface area contributed by atoms with E-state index >= 15 is 0 Å². The zero-order valence-electron chi connectivity index (χ0n) is 17.0. The Labute approximate surface area is 200 Å². The Morgan fingerprint density at radius 2 is 2.00 bits per heavy atom. The number of esters is 1. The van der Waals surface area contributed by atoms with E-state index in [4.69, 9.17) is 26.2 Å². The molecule has 5 rings (SSSR count). The number of fused-ring (bicyclic) bond motifs is 1. The van der Waals surface area contributed by atoms with Crippen LogP contribution in [-0.4, -0.2) is 32.9 Å². The highest BCUT2D eigenvalue weighted by Gasteiger charge is 2.36. The van der Waals surface area contributed by atoms with E-state index in [-0.39, 0.29) is 32.9 Å². The van der Waals surface area contributed by atoms with Gasteiger partial charge in [0, 0.05) is 0 Å². The van der Waals surface area contributed by atoms with Gasteiger partial charge in [-0.15, -0.1) is 0 Å². The van der Waals surface area contributed by atoms with Crippen LogP contribution in [0.25, 0.3) is 6.08 Å². The summed E-state index contributed by atoms with van der Waals surface area (Å²) in [6.45, 7) is 0. The molecule has 0 saturated carbocycles. The molecular formula is C23H12ClFN4O4S. The first-order valence-electron chi connectivity index (χ1n) is 9.70. The van der Waals surface area contributed by atoms with Gasteiger partial charge in [-0.25, -0.2) is 9.18 Å². The minimum atomic E-state index is -0.698. The molecule has 0 fully saturated rings. The van der Waals surface area contributed by atoms with Crippen molar-refractivity contribution in [2.75, 3.05) is 0 Å². The SMILES string of the molecule is N=C1/C(=C\c2ccc(OC(=O)c3ccc(F)cc3)c(Cl)c2)C(=O)N=C2SC(c3ccco3)=NN12. The molecule has 3 heterocycles. The lowest BCUT2D eigenvalue weighted by molar-refractivity contribution is -0.114. The molecule has 2 aromatic carbocycles. The third-order valence-electron chi connectivity index (χ3n) is 4.74. The van der Waals surface area contributed by atoms with E-state index in [1.165, 1.54) is 41.6 Å². The van der Waals surface area contributed by atoms with E-state index in [0.29, 0.717) is 16.4 Å². The van der Waals surface area contributed by atoms with E-state index in [2.05, 4.69) is 10.1 Å². The van der Waals surface area contributed by atoms with Crippen molar-refractivity contribution >= 4 is 57.4 Å². The number of amidine groups is 2. The van der Waals surface area contributed by atoms with Gasteiger partial charge in [-0.3, -0.25) is 10.2 Å². The molecule has 168 valence electrons. The van der Waals surface area contributed by atoms with Gasteiger partial charge in [0.15, 0.2) is 16.6 Å². The van der Waals surface area contributed by atoms with Crippen molar-refractivity contribution in [2.45, 2.75) is 0 Å². The Kier molecular flexibility index (Phi) is 5.60. The number of amides is 1. The van der Waals surface area contributed by atoms with Gasteiger partial charge >= 0.3 is 5.97 Å². The summed E-state index contributed by atoms with van der Waals surface area (Å²) in [5.41, 5.74) is 0.665. The van der Waals surface area contributed by atoms with Crippen molar-refractivity contribution in [1.82, 2.24) is 5.01 Å². The zero-order chi connectivity index (χ0) is 23.8. The zero-order valence-corrected chi connectivity index (χ0v) is 18.6. The number of thioether (sulfide) groups is 1. The Bertz CT molecular complexity index is 1430. The third kappa shape index (κ3) is 4.16. The Morgan fingerprint density at radius 3 is 2.71 bits per heavy atom. The normalized spacial score (nSPS) is 16.4. The van der Waals surface area contributed by atoms with Crippen LogP contribution in [0.2, 0.25) is 5.02 Å². The predicted molar refractivity (Wildman–Crippen MR) is 126 cm³/mol. The molecule has 0 unspecified atom stereocenters. The number of carbonyl (C=O) groups is 2. The fourth-order valence-electron chi connectivity index (χ4n) is 3.09. The number of hydrogen-bond donors (Lipinski definition) is 1. The average Bonchev–Trinajstić information content (AvgIpc) is 3.49. The molecule has 8 nitrogen and oxygen atoms in total. The van der Waals surface area contributed by atoms with Crippen molar-refractivity contribution in [1.29, 1.82) is 5.41 Å². The minimum Gasteiger partial charge on any atom is -0.462 e. The van der Waals surface area contributed by atoms with Gasteiger partial charge in [0.2, 0.25) is 5.17 Å². The van der Waals surface area contributed by atoms with Gasteiger partial charge < -0.3 is 9.15 Å². The van der Waals surface area contributed by atoms with Gasteiger partial charge in [-0.05, 0) is 71.9 Å². The maximum atomic E-state index is 13.0. The Balaban J connectivity index is 1.37. The van der Waals surface area contributed by atoms with Crippen LogP contribution in [0.1, 0.15) is 21.7 Å². The molecule has 0 spiro atoms. The summed E-state index contributed by atoms with van der Waals surface area (Å²) < 4.78 is 23.6. The first-order valence-corrected chi connectivity index (χ1v) is 10.9. The highest BCUT2D eigenvalue weighted by atomic mass is 35.5. The van der Waals surface area contributed by atoms with Gasteiger partial charge in [-0.2, -0.15) is 15.1 Å². The maximum Gasteiger partial charge on any atom is 0.343 e. The van der Waals surface area contributed by atoms with E-state index in [9.17, 15) is 14.0 Å². The molecule has 1 N–H and O–H groups in total. The number of halogens is 2. The molecule has 1 amide bonds. The fraction of sp³-hybridized carbons (Fsp3) is 0. The van der Waals surface area contributed by atoms with Crippen LogP contribution < -0.4 is 4.74 Å². The molecule has 0 saturated heterocycles. The van der Waals surface area contributed by atoms with Crippen LogP contribution in [0.5, 0.6) is 5.75 Å². The predicted octanol–water partition coefficient (Wildman–Crippen LogP) is 4.96. The summed E-state index contributed by atoms with van der Waals surface area (Å²) in [6, 6.07) is 12.9. The molecule has 11 heteroatoms. The van der Waals surface area contributed by atoms with Crippen molar-refractivity contribution in [3.63, 3.8) is 0 Å². The summed E-state index contributed by atoms with van der Waals surface area (Å²) in [7, 11) is 0. The number of aliphatic imine (C=N–C) groups is 1. The second-order valence-corrected chi connectivity index (χ2v) is 8.35. The summed E-state index contributed by atoms with van der Waals surface area (Å²) >= 11 is 7.39. The number of hydrazone groups is 1.